The number of nitrogens with zero attached hydrogens (tertiary/aromatic N) is 3. The van der Waals surface area contributed by atoms with Crippen molar-refractivity contribution in [1.82, 2.24) is 9.21 Å². The van der Waals surface area contributed by atoms with Gasteiger partial charge in [0.1, 0.15) is 0 Å². The van der Waals surface area contributed by atoms with E-state index in [0.717, 1.165) is 6.07 Å². The van der Waals surface area contributed by atoms with Crippen LogP contribution in [0.4, 0.5) is 5.69 Å². The molecule has 0 unspecified atom stereocenters. The van der Waals surface area contributed by atoms with Crippen LogP contribution in [0.1, 0.15) is 27.2 Å². The van der Waals surface area contributed by atoms with E-state index in [0.29, 0.717) is 19.5 Å². The molecule has 0 spiro atoms. The number of nitro benzene ring substituents is 1. The van der Waals surface area contributed by atoms with Gasteiger partial charge in [0.15, 0.2) is 0 Å². The average Bonchev–Trinajstić information content (AvgIpc) is 2.53. The molecule has 1 aliphatic heterocycles. The van der Waals surface area contributed by atoms with Crippen molar-refractivity contribution in [2.24, 2.45) is 5.41 Å². The largest absolute Gasteiger partial charge is 0.340 e. The SMILES string of the molecule is CC(C)(C)CC(=O)N1CCN(S(=O)(=O)c2cccc([N+](=O)[O-])c2)CC1. The standard InChI is InChI=1S/C16H23N3O5S/c1-16(2,3)12-15(20)17-7-9-18(10-8-17)25(23,24)14-6-4-5-13(11-14)19(21)22/h4-6,11H,7-10,12H2,1-3H3. The lowest BCUT2D eigenvalue weighted by Crippen LogP contribution is -2.51. The fourth-order valence-corrected chi connectivity index (χ4v) is 4.11. The van der Waals surface area contributed by atoms with Gasteiger partial charge in [-0.2, -0.15) is 4.31 Å². The smallest absolute Gasteiger partial charge is 0.270 e. The second kappa shape index (κ2) is 7.09. The number of hydrogen-bond acceptors (Lipinski definition) is 5. The van der Waals surface area contributed by atoms with Gasteiger partial charge < -0.3 is 4.90 Å². The summed E-state index contributed by atoms with van der Waals surface area (Å²) in [6, 6.07) is 5.02. The van der Waals surface area contributed by atoms with Crippen LogP contribution in [-0.2, 0) is 14.8 Å². The number of benzene rings is 1. The zero-order chi connectivity index (χ0) is 18.8. The molecule has 0 aliphatic carbocycles. The first kappa shape index (κ1) is 19.3. The summed E-state index contributed by atoms with van der Waals surface area (Å²) in [5, 5.41) is 10.8. The first-order chi connectivity index (χ1) is 11.5. The molecule has 0 radical (unpaired) electrons. The molecule has 1 aromatic carbocycles. The van der Waals surface area contributed by atoms with E-state index in [9.17, 15) is 23.3 Å². The fourth-order valence-electron chi connectivity index (χ4n) is 2.65. The highest BCUT2D eigenvalue weighted by Crippen LogP contribution is 2.24. The molecule has 0 bridgehead atoms. The van der Waals surface area contributed by atoms with Gasteiger partial charge in [-0.3, -0.25) is 14.9 Å². The van der Waals surface area contributed by atoms with Crippen molar-refractivity contribution in [1.29, 1.82) is 0 Å². The maximum absolute atomic E-state index is 12.7. The van der Waals surface area contributed by atoms with Gasteiger partial charge >= 0.3 is 0 Å². The molecule has 2 rings (SSSR count). The Morgan fingerprint density at radius 1 is 1.20 bits per heavy atom. The molecule has 25 heavy (non-hydrogen) atoms. The van der Waals surface area contributed by atoms with Gasteiger partial charge in [-0.1, -0.05) is 26.8 Å². The zero-order valence-corrected chi connectivity index (χ0v) is 15.5. The van der Waals surface area contributed by atoms with Crippen LogP contribution in [0, 0.1) is 15.5 Å². The van der Waals surface area contributed by atoms with E-state index in [1.807, 2.05) is 20.8 Å². The van der Waals surface area contributed by atoms with Crippen LogP contribution in [0.25, 0.3) is 0 Å². The minimum atomic E-state index is -3.81. The lowest BCUT2D eigenvalue weighted by molar-refractivity contribution is -0.385. The summed E-state index contributed by atoms with van der Waals surface area (Å²) >= 11 is 0. The number of amides is 1. The summed E-state index contributed by atoms with van der Waals surface area (Å²) in [5.41, 5.74) is -0.386. The Hall–Kier alpha value is -2.00. The molecule has 138 valence electrons. The molecule has 1 amide bonds. The molecular weight excluding hydrogens is 346 g/mol. The van der Waals surface area contributed by atoms with E-state index in [2.05, 4.69) is 0 Å². The Bertz CT molecular complexity index is 762. The van der Waals surface area contributed by atoms with Gasteiger partial charge in [0.25, 0.3) is 5.69 Å². The first-order valence-corrected chi connectivity index (χ1v) is 9.47. The molecule has 1 fully saturated rings. The number of non-ortho nitro benzene ring substituents is 1. The van der Waals surface area contributed by atoms with E-state index >= 15 is 0 Å². The number of carbonyl (C=O) groups excluding carboxylic acids is 1. The molecule has 0 atom stereocenters. The van der Waals surface area contributed by atoms with Crippen LogP contribution in [-0.4, -0.2) is 54.6 Å². The molecule has 0 saturated carbocycles. The maximum atomic E-state index is 12.7. The topological polar surface area (TPSA) is 101 Å². The molecule has 1 saturated heterocycles. The van der Waals surface area contributed by atoms with Crippen molar-refractivity contribution < 1.29 is 18.1 Å². The van der Waals surface area contributed by atoms with E-state index in [4.69, 9.17) is 0 Å². The highest BCUT2D eigenvalue weighted by atomic mass is 32.2. The first-order valence-electron chi connectivity index (χ1n) is 8.03. The third kappa shape index (κ3) is 4.76. The quantitative estimate of drug-likeness (QED) is 0.596. The molecule has 1 heterocycles. The number of nitro groups is 1. The van der Waals surface area contributed by atoms with Crippen LogP contribution >= 0.6 is 0 Å². The third-order valence-corrected chi connectivity index (χ3v) is 5.83. The van der Waals surface area contributed by atoms with Gasteiger partial charge in [0.2, 0.25) is 15.9 Å². The van der Waals surface area contributed by atoms with Crippen LogP contribution in [0.15, 0.2) is 29.2 Å². The van der Waals surface area contributed by atoms with Crippen molar-refractivity contribution in [2.45, 2.75) is 32.1 Å². The lowest BCUT2D eigenvalue weighted by Gasteiger charge is -2.35. The van der Waals surface area contributed by atoms with Crippen molar-refractivity contribution >= 4 is 21.6 Å². The summed E-state index contributed by atoms with van der Waals surface area (Å²) in [5.74, 6) is 0.0138. The van der Waals surface area contributed by atoms with E-state index in [1.165, 1.54) is 22.5 Å². The predicted octanol–water partition coefficient (Wildman–Crippen LogP) is 1.86. The Balaban J connectivity index is 2.08. The lowest BCUT2D eigenvalue weighted by atomic mass is 9.91. The van der Waals surface area contributed by atoms with Gasteiger partial charge in [0, 0.05) is 44.7 Å². The number of carbonyl (C=O) groups is 1. The average molecular weight is 369 g/mol. The number of piperazine rings is 1. The Morgan fingerprint density at radius 2 is 1.80 bits per heavy atom. The minimum Gasteiger partial charge on any atom is -0.340 e. The molecular formula is C16H23N3O5S. The number of rotatable bonds is 4. The molecule has 1 aliphatic rings. The van der Waals surface area contributed by atoms with Gasteiger partial charge in [-0.05, 0) is 11.5 Å². The van der Waals surface area contributed by atoms with Crippen molar-refractivity contribution in [3.8, 4) is 0 Å². The summed E-state index contributed by atoms with van der Waals surface area (Å²) in [6.45, 7) is 6.95. The summed E-state index contributed by atoms with van der Waals surface area (Å²) in [6.07, 6.45) is 0.407. The Morgan fingerprint density at radius 3 is 2.32 bits per heavy atom. The molecule has 1 aromatic rings. The van der Waals surface area contributed by atoms with Crippen LogP contribution < -0.4 is 0 Å². The molecule has 9 heteroatoms. The maximum Gasteiger partial charge on any atom is 0.270 e. The van der Waals surface area contributed by atoms with Gasteiger partial charge in [-0.25, -0.2) is 8.42 Å². The number of hydrogen-bond donors (Lipinski definition) is 0. The summed E-state index contributed by atoms with van der Waals surface area (Å²) < 4.78 is 26.6. The van der Waals surface area contributed by atoms with E-state index < -0.39 is 14.9 Å². The van der Waals surface area contributed by atoms with Crippen LogP contribution in [0.3, 0.4) is 0 Å². The van der Waals surface area contributed by atoms with Crippen molar-refractivity contribution in [2.75, 3.05) is 26.2 Å². The van der Waals surface area contributed by atoms with E-state index in [1.54, 1.807) is 4.90 Å². The minimum absolute atomic E-state index is 0.0138. The second-order valence-electron chi connectivity index (χ2n) is 7.28. The third-order valence-electron chi connectivity index (χ3n) is 3.94. The van der Waals surface area contributed by atoms with Crippen LogP contribution in [0.5, 0.6) is 0 Å². The van der Waals surface area contributed by atoms with Gasteiger partial charge in [-0.15, -0.1) is 0 Å². The van der Waals surface area contributed by atoms with Crippen molar-refractivity contribution in [3.05, 3.63) is 34.4 Å². The summed E-state index contributed by atoms with van der Waals surface area (Å²) in [4.78, 5) is 24.0. The van der Waals surface area contributed by atoms with Crippen molar-refractivity contribution in [3.63, 3.8) is 0 Å². The summed E-state index contributed by atoms with van der Waals surface area (Å²) in [7, 11) is -3.81. The highest BCUT2D eigenvalue weighted by molar-refractivity contribution is 7.89. The Kier molecular flexibility index (Phi) is 5.48. The normalized spacial score (nSPS) is 16.7. The van der Waals surface area contributed by atoms with Crippen LogP contribution in [0.2, 0.25) is 0 Å². The highest BCUT2D eigenvalue weighted by Gasteiger charge is 2.31. The Labute approximate surface area is 147 Å². The monoisotopic (exact) mass is 369 g/mol. The van der Waals surface area contributed by atoms with E-state index in [-0.39, 0.29) is 35.0 Å². The number of sulfonamides is 1. The second-order valence-corrected chi connectivity index (χ2v) is 9.21. The predicted molar refractivity (Wildman–Crippen MR) is 92.5 cm³/mol. The molecule has 0 aromatic heterocycles. The fraction of sp³-hybridized carbons (Fsp3) is 0.562. The molecule has 8 nitrogen and oxygen atoms in total. The van der Waals surface area contributed by atoms with Gasteiger partial charge in [0.05, 0.1) is 9.82 Å². The zero-order valence-electron chi connectivity index (χ0n) is 14.6. The molecule has 0 N–H and O–H groups in total.